The van der Waals surface area contributed by atoms with Gasteiger partial charge in [-0.05, 0) is 58.9 Å². The normalized spacial score (nSPS) is 20.1. The van der Waals surface area contributed by atoms with Crippen molar-refractivity contribution in [2.45, 2.75) is 38.5 Å². The SMILES string of the molecule is CN(C)CCN(C)CCC1(CN)CCCCC1. The molecule has 0 unspecified atom stereocenters. The molecule has 0 aromatic heterocycles. The lowest BCUT2D eigenvalue weighted by molar-refractivity contribution is 0.153. The van der Waals surface area contributed by atoms with Gasteiger partial charge >= 0.3 is 0 Å². The zero-order valence-corrected chi connectivity index (χ0v) is 12.0. The largest absolute Gasteiger partial charge is 0.330 e. The van der Waals surface area contributed by atoms with Crippen molar-refractivity contribution < 1.29 is 0 Å². The number of likely N-dealkylation sites (N-methyl/N-ethyl adjacent to an activating group) is 2. The molecule has 3 heteroatoms. The first-order valence-corrected chi connectivity index (χ1v) is 7.11. The second kappa shape index (κ2) is 7.34. The summed E-state index contributed by atoms with van der Waals surface area (Å²) in [5.74, 6) is 0. The van der Waals surface area contributed by atoms with Crippen LogP contribution in [0.15, 0.2) is 0 Å². The van der Waals surface area contributed by atoms with E-state index in [2.05, 4.69) is 30.9 Å². The predicted octanol–water partition coefficient (Wildman–Crippen LogP) is 1.78. The fourth-order valence-corrected chi connectivity index (χ4v) is 2.77. The number of rotatable bonds is 7. The zero-order chi connectivity index (χ0) is 12.7. The summed E-state index contributed by atoms with van der Waals surface area (Å²) in [5, 5.41) is 0. The first kappa shape index (κ1) is 14.9. The van der Waals surface area contributed by atoms with Gasteiger partial charge in [0, 0.05) is 13.1 Å². The Balaban J connectivity index is 2.26. The van der Waals surface area contributed by atoms with Crippen LogP contribution in [-0.2, 0) is 0 Å². The molecule has 0 bridgehead atoms. The Kier molecular flexibility index (Phi) is 6.45. The molecular weight excluding hydrogens is 210 g/mol. The van der Waals surface area contributed by atoms with E-state index in [9.17, 15) is 0 Å². The molecule has 1 rings (SSSR count). The van der Waals surface area contributed by atoms with Gasteiger partial charge in [-0.1, -0.05) is 19.3 Å². The van der Waals surface area contributed by atoms with Gasteiger partial charge in [0.05, 0.1) is 0 Å². The Morgan fingerprint density at radius 3 is 2.12 bits per heavy atom. The molecule has 0 saturated heterocycles. The van der Waals surface area contributed by atoms with Crippen molar-refractivity contribution in [2.75, 3.05) is 47.3 Å². The maximum atomic E-state index is 6.02. The number of nitrogens with two attached hydrogens (primary N) is 1. The Bertz CT molecular complexity index is 198. The van der Waals surface area contributed by atoms with E-state index in [1.807, 2.05) is 0 Å². The number of hydrogen-bond donors (Lipinski definition) is 1. The summed E-state index contributed by atoms with van der Waals surface area (Å²) >= 11 is 0. The van der Waals surface area contributed by atoms with Crippen LogP contribution in [0.3, 0.4) is 0 Å². The minimum absolute atomic E-state index is 0.463. The van der Waals surface area contributed by atoms with Gasteiger partial charge in [0.2, 0.25) is 0 Å². The van der Waals surface area contributed by atoms with Crippen molar-refractivity contribution in [3.8, 4) is 0 Å². The van der Waals surface area contributed by atoms with Crippen molar-refractivity contribution in [3.05, 3.63) is 0 Å². The highest BCUT2D eigenvalue weighted by molar-refractivity contribution is 4.84. The van der Waals surface area contributed by atoms with Crippen LogP contribution in [0, 0.1) is 5.41 Å². The summed E-state index contributed by atoms with van der Waals surface area (Å²) in [5.41, 5.74) is 6.48. The van der Waals surface area contributed by atoms with Gasteiger partial charge in [0.1, 0.15) is 0 Å². The summed E-state index contributed by atoms with van der Waals surface area (Å²) in [6.07, 6.45) is 8.18. The van der Waals surface area contributed by atoms with Crippen LogP contribution in [0.4, 0.5) is 0 Å². The van der Waals surface area contributed by atoms with Crippen molar-refractivity contribution in [1.82, 2.24) is 9.80 Å². The summed E-state index contributed by atoms with van der Waals surface area (Å²) in [7, 11) is 6.50. The van der Waals surface area contributed by atoms with Gasteiger partial charge < -0.3 is 15.5 Å². The van der Waals surface area contributed by atoms with Crippen LogP contribution in [0.5, 0.6) is 0 Å². The summed E-state index contributed by atoms with van der Waals surface area (Å²) in [4.78, 5) is 4.70. The van der Waals surface area contributed by atoms with E-state index in [0.717, 1.165) is 19.6 Å². The molecule has 0 radical (unpaired) electrons. The van der Waals surface area contributed by atoms with Crippen LogP contribution in [0.1, 0.15) is 38.5 Å². The van der Waals surface area contributed by atoms with Gasteiger partial charge in [-0.3, -0.25) is 0 Å². The molecule has 1 aliphatic carbocycles. The average Bonchev–Trinajstić information content (AvgIpc) is 2.35. The Labute approximate surface area is 107 Å². The van der Waals surface area contributed by atoms with Crippen molar-refractivity contribution in [3.63, 3.8) is 0 Å². The van der Waals surface area contributed by atoms with Crippen LogP contribution in [0.25, 0.3) is 0 Å². The molecule has 0 aromatic carbocycles. The third kappa shape index (κ3) is 5.36. The zero-order valence-electron chi connectivity index (χ0n) is 12.0. The fraction of sp³-hybridized carbons (Fsp3) is 1.00. The predicted molar refractivity (Wildman–Crippen MR) is 75.2 cm³/mol. The second-order valence-electron chi connectivity index (χ2n) is 6.12. The summed E-state index contributed by atoms with van der Waals surface area (Å²) in [6, 6.07) is 0. The monoisotopic (exact) mass is 241 g/mol. The van der Waals surface area contributed by atoms with Crippen molar-refractivity contribution in [1.29, 1.82) is 0 Å². The molecule has 1 aliphatic rings. The smallest absolute Gasteiger partial charge is 0.0106 e. The lowest BCUT2D eigenvalue weighted by Gasteiger charge is -2.37. The molecule has 0 spiro atoms. The third-order valence-electron chi connectivity index (χ3n) is 4.30. The maximum absolute atomic E-state index is 6.02. The standard InChI is InChI=1S/C14H31N3/c1-16(2)11-12-17(3)10-9-14(13-15)7-5-4-6-8-14/h4-13,15H2,1-3H3. The van der Waals surface area contributed by atoms with Crippen molar-refractivity contribution in [2.24, 2.45) is 11.1 Å². The van der Waals surface area contributed by atoms with E-state index in [1.165, 1.54) is 45.1 Å². The van der Waals surface area contributed by atoms with E-state index in [1.54, 1.807) is 0 Å². The maximum Gasteiger partial charge on any atom is 0.0106 e. The fourth-order valence-electron chi connectivity index (χ4n) is 2.77. The molecule has 0 atom stereocenters. The van der Waals surface area contributed by atoms with Gasteiger partial charge in [-0.2, -0.15) is 0 Å². The highest BCUT2D eigenvalue weighted by atomic mass is 15.1. The highest BCUT2D eigenvalue weighted by Gasteiger charge is 2.30. The van der Waals surface area contributed by atoms with Gasteiger partial charge in [0.15, 0.2) is 0 Å². The Morgan fingerprint density at radius 2 is 1.59 bits per heavy atom. The molecular formula is C14H31N3. The molecule has 3 nitrogen and oxygen atoms in total. The van der Waals surface area contributed by atoms with Crippen LogP contribution >= 0.6 is 0 Å². The Morgan fingerprint density at radius 1 is 0.941 bits per heavy atom. The third-order valence-corrected chi connectivity index (χ3v) is 4.30. The molecule has 0 heterocycles. The summed E-state index contributed by atoms with van der Waals surface area (Å²) in [6.45, 7) is 4.39. The summed E-state index contributed by atoms with van der Waals surface area (Å²) < 4.78 is 0. The number of hydrogen-bond acceptors (Lipinski definition) is 3. The minimum Gasteiger partial charge on any atom is -0.330 e. The lowest BCUT2D eigenvalue weighted by atomic mass is 9.72. The van der Waals surface area contributed by atoms with E-state index in [0.29, 0.717) is 5.41 Å². The van der Waals surface area contributed by atoms with Gasteiger partial charge in [0.25, 0.3) is 0 Å². The average molecular weight is 241 g/mol. The van der Waals surface area contributed by atoms with E-state index < -0.39 is 0 Å². The van der Waals surface area contributed by atoms with Crippen LogP contribution < -0.4 is 5.73 Å². The second-order valence-corrected chi connectivity index (χ2v) is 6.12. The van der Waals surface area contributed by atoms with Crippen LogP contribution in [0.2, 0.25) is 0 Å². The van der Waals surface area contributed by atoms with Gasteiger partial charge in [-0.25, -0.2) is 0 Å². The highest BCUT2D eigenvalue weighted by Crippen LogP contribution is 2.38. The molecule has 0 aromatic rings. The molecule has 17 heavy (non-hydrogen) atoms. The molecule has 0 aliphatic heterocycles. The molecule has 2 N–H and O–H groups in total. The van der Waals surface area contributed by atoms with E-state index in [-0.39, 0.29) is 0 Å². The van der Waals surface area contributed by atoms with Crippen molar-refractivity contribution >= 4 is 0 Å². The first-order chi connectivity index (χ1) is 8.08. The van der Waals surface area contributed by atoms with Gasteiger partial charge in [-0.15, -0.1) is 0 Å². The first-order valence-electron chi connectivity index (χ1n) is 7.11. The van der Waals surface area contributed by atoms with E-state index in [4.69, 9.17) is 5.73 Å². The molecule has 102 valence electrons. The quantitative estimate of drug-likeness (QED) is 0.737. The van der Waals surface area contributed by atoms with E-state index >= 15 is 0 Å². The molecule has 1 fully saturated rings. The minimum atomic E-state index is 0.463. The number of nitrogens with zero attached hydrogens (tertiary/aromatic N) is 2. The topological polar surface area (TPSA) is 32.5 Å². The Hall–Kier alpha value is -0.120. The molecule has 1 saturated carbocycles. The lowest BCUT2D eigenvalue weighted by Crippen LogP contribution is -2.37. The molecule has 0 amide bonds. The van der Waals surface area contributed by atoms with Crippen LogP contribution in [-0.4, -0.2) is 57.1 Å².